The number of aryl methyl sites for hydroxylation is 1. The van der Waals surface area contributed by atoms with Crippen LogP contribution in [0.15, 0.2) is 18.2 Å². The standard InChI is InChI=1S/C17H22N2O2/c1-17(2)15(12-7-8-21-16(12)17)18-11-4-5-13-10(9-11)3-6-14(20)19-13/h4-5,9,12,15-16,18H,3,6-8H2,1-2H3,(H,19,20). The zero-order chi connectivity index (χ0) is 14.6. The monoisotopic (exact) mass is 286 g/mol. The van der Waals surface area contributed by atoms with Crippen molar-refractivity contribution in [3.05, 3.63) is 23.8 Å². The van der Waals surface area contributed by atoms with Gasteiger partial charge in [0.25, 0.3) is 0 Å². The molecule has 0 bridgehead atoms. The molecule has 21 heavy (non-hydrogen) atoms. The Morgan fingerprint density at radius 2 is 2.19 bits per heavy atom. The zero-order valence-corrected chi connectivity index (χ0v) is 12.6. The summed E-state index contributed by atoms with van der Waals surface area (Å²) in [6, 6.07) is 6.75. The van der Waals surface area contributed by atoms with Crippen LogP contribution >= 0.6 is 0 Å². The van der Waals surface area contributed by atoms with E-state index in [2.05, 4.69) is 36.6 Å². The van der Waals surface area contributed by atoms with Crippen molar-refractivity contribution in [1.29, 1.82) is 0 Å². The van der Waals surface area contributed by atoms with Crippen molar-refractivity contribution in [2.75, 3.05) is 17.2 Å². The van der Waals surface area contributed by atoms with E-state index in [1.165, 1.54) is 5.56 Å². The second kappa shape index (κ2) is 4.47. The molecule has 1 saturated heterocycles. The fourth-order valence-corrected chi connectivity index (χ4v) is 4.27. The van der Waals surface area contributed by atoms with Crippen LogP contribution in [-0.4, -0.2) is 24.7 Å². The molecule has 1 amide bonds. The number of amides is 1. The molecular formula is C17H22N2O2. The van der Waals surface area contributed by atoms with Crippen LogP contribution in [0.25, 0.3) is 0 Å². The number of ether oxygens (including phenoxy) is 1. The van der Waals surface area contributed by atoms with Gasteiger partial charge in [0.2, 0.25) is 5.91 Å². The Balaban J connectivity index is 1.54. The molecule has 2 N–H and O–H groups in total. The van der Waals surface area contributed by atoms with Gasteiger partial charge in [-0.05, 0) is 36.6 Å². The predicted octanol–water partition coefficient (Wildman–Crippen LogP) is 2.80. The van der Waals surface area contributed by atoms with Crippen molar-refractivity contribution in [3.63, 3.8) is 0 Å². The lowest BCUT2D eigenvalue weighted by molar-refractivity contribution is -0.116. The summed E-state index contributed by atoms with van der Waals surface area (Å²) in [7, 11) is 0. The minimum Gasteiger partial charge on any atom is -0.381 e. The van der Waals surface area contributed by atoms with Crippen LogP contribution in [0.4, 0.5) is 11.4 Å². The number of anilines is 2. The van der Waals surface area contributed by atoms with Crippen LogP contribution in [-0.2, 0) is 16.0 Å². The third kappa shape index (κ3) is 1.96. The fourth-order valence-electron chi connectivity index (χ4n) is 4.27. The van der Waals surface area contributed by atoms with E-state index in [0.29, 0.717) is 24.5 Å². The lowest BCUT2D eigenvalue weighted by Crippen LogP contribution is -2.63. The largest absolute Gasteiger partial charge is 0.381 e. The minimum absolute atomic E-state index is 0.120. The fraction of sp³-hybridized carbons (Fsp3) is 0.588. The summed E-state index contributed by atoms with van der Waals surface area (Å²) in [5.74, 6) is 0.755. The molecule has 0 aromatic heterocycles. The molecule has 3 aliphatic rings. The highest BCUT2D eigenvalue weighted by Crippen LogP contribution is 2.53. The van der Waals surface area contributed by atoms with E-state index < -0.39 is 0 Å². The van der Waals surface area contributed by atoms with E-state index in [0.717, 1.165) is 30.8 Å². The van der Waals surface area contributed by atoms with Crippen molar-refractivity contribution < 1.29 is 9.53 Å². The highest BCUT2D eigenvalue weighted by atomic mass is 16.5. The van der Waals surface area contributed by atoms with Gasteiger partial charge in [-0.25, -0.2) is 0 Å². The topological polar surface area (TPSA) is 50.4 Å². The predicted molar refractivity (Wildman–Crippen MR) is 82.4 cm³/mol. The van der Waals surface area contributed by atoms with Gasteiger partial charge in [-0.2, -0.15) is 0 Å². The van der Waals surface area contributed by atoms with Gasteiger partial charge in [0.1, 0.15) is 0 Å². The molecule has 2 heterocycles. The summed E-state index contributed by atoms with van der Waals surface area (Å²) in [5.41, 5.74) is 3.54. The van der Waals surface area contributed by atoms with Gasteiger partial charge in [-0.1, -0.05) is 13.8 Å². The number of hydrogen-bond donors (Lipinski definition) is 2. The number of benzene rings is 1. The molecule has 3 unspecified atom stereocenters. The average Bonchev–Trinajstić information content (AvgIpc) is 2.91. The van der Waals surface area contributed by atoms with E-state index in [1.807, 2.05) is 6.07 Å². The maximum atomic E-state index is 11.4. The Labute approximate surface area is 125 Å². The van der Waals surface area contributed by atoms with Crippen molar-refractivity contribution in [2.45, 2.75) is 45.3 Å². The van der Waals surface area contributed by atoms with Crippen LogP contribution < -0.4 is 10.6 Å². The van der Waals surface area contributed by atoms with Gasteiger partial charge in [0.15, 0.2) is 0 Å². The number of carbonyl (C=O) groups excluding carboxylic acids is 1. The molecule has 3 atom stereocenters. The van der Waals surface area contributed by atoms with Gasteiger partial charge in [-0.15, -0.1) is 0 Å². The van der Waals surface area contributed by atoms with Crippen LogP contribution in [0.5, 0.6) is 0 Å². The van der Waals surface area contributed by atoms with Gasteiger partial charge in [0, 0.05) is 41.8 Å². The Morgan fingerprint density at radius 1 is 1.33 bits per heavy atom. The summed E-state index contributed by atoms with van der Waals surface area (Å²) in [6.45, 7) is 5.47. The first kappa shape index (κ1) is 13.1. The summed E-state index contributed by atoms with van der Waals surface area (Å²) >= 11 is 0. The van der Waals surface area contributed by atoms with Gasteiger partial charge < -0.3 is 15.4 Å². The van der Waals surface area contributed by atoms with E-state index in [-0.39, 0.29) is 11.3 Å². The third-order valence-corrected chi connectivity index (χ3v) is 5.42. The van der Waals surface area contributed by atoms with Crippen molar-refractivity contribution in [3.8, 4) is 0 Å². The highest BCUT2D eigenvalue weighted by Gasteiger charge is 2.59. The molecule has 0 spiro atoms. The van der Waals surface area contributed by atoms with Gasteiger partial charge in [-0.3, -0.25) is 4.79 Å². The average molecular weight is 286 g/mol. The summed E-state index contributed by atoms with van der Waals surface area (Å²) in [5, 5.41) is 6.64. The first-order valence-electron chi connectivity index (χ1n) is 7.86. The smallest absolute Gasteiger partial charge is 0.224 e. The SMILES string of the molecule is CC1(C)C(Nc2ccc3c(c2)CCC(=O)N3)C2CCOC21. The third-order valence-electron chi connectivity index (χ3n) is 5.42. The molecule has 0 radical (unpaired) electrons. The number of nitrogens with one attached hydrogen (secondary N) is 2. The second-order valence-electron chi connectivity index (χ2n) is 7.11. The lowest BCUT2D eigenvalue weighted by atomic mass is 9.57. The first-order valence-corrected chi connectivity index (χ1v) is 7.86. The second-order valence-corrected chi connectivity index (χ2v) is 7.11. The van der Waals surface area contributed by atoms with Gasteiger partial charge in [0.05, 0.1) is 6.10 Å². The molecule has 1 saturated carbocycles. The van der Waals surface area contributed by atoms with Gasteiger partial charge >= 0.3 is 0 Å². The summed E-state index contributed by atoms with van der Waals surface area (Å²) < 4.78 is 5.85. The first-order chi connectivity index (χ1) is 10.1. The molecule has 2 fully saturated rings. The van der Waals surface area contributed by atoms with Crippen molar-refractivity contribution >= 4 is 17.3 Å². The Kier molecular flexibility index (Phi) is 2.80. The Hall–Kier alpha value is -1.55. The number of hydrogen-bond acceptors (Lipinski definition) is 3. The molecule has 1 aliphatic carbocycles. The maximum absolute atomic E-state index is 11.4. The van der Waals surface area contributed by atoms with Crippen LogP contribution in [0, 0.1) is 11.3 Å². The van der Waals surface area contributed by atoms with Crippen LogP contribution in [0.2, 0.25) is 0 Å². The van der Waals surface area contributed by atoms with E-state index >= 15 is 0 Å². The van der Waals surface area contributed by atoms with Crippen molar-refractivity contribution in [1.82, 2.24) is 0 Å². The molecule has 2 aliphatic heterocycles. The molecular weight excluding hydrogens is 264 g/mol. The van der Waals surface area contributed by atoms with Crippen molar-refractivity contribution in [2.24, 2.45) is 11.3 Å². The van der Waals surface area contributed by atoms with E-state index in [1.54, 1.807) is 0 Å². The minimum atomic E-state index is 0.120. The molecule has 4 nitrogen and oxygen atoms in total. The summed E-state index contributed by atoms with van der Waals surface area (Å²) in [4.78, 5) is 11.4. The zero-order valence-electron chi connectivity index (χ0n) is 12.6. The van der Waals surface area contributed by atoms with Crippen LogP contribution in [0.3, 0.4) is 0 Å². The normalized spacial score (nSPS) is 32.7. The number of rotatable bonds is 2. The Bertz CT molecular complexity index is 596. The maximum Gasteiger partial charge on any atom is 0.224 e. The summed E-state index contributed by atoms with van der Waals surface area (Å²) in [6.07, 6.45) is 2.99. The molecule has 4 rings (SSSR count). The lowest BCUT2D eigenvalue weighted by Gasteiger charge is -2.55. The Morgan fingerprint density at radius 3 is 3.05 bits per heavy atom. The molecule has 1 aromatic rings. The van der Waals surface area contributed by atoms with Crippen LogP contribution in [0.1, 0.15) is 32.3 Å². The van der Waals surface area contributed by atoms with E-state index in [9.17, 15) is 4.79 Å². The molecule has 4 heteroatoms. The molecule has 1 aromatic carbocycles. The molecule has 112 valence electrons. The van der Waals surface area contributed by atoms with E-state index in [4.69, 9.17) is 4.74 Å². The number of carbonyl (C=O) groups is 1. The highest BCUT2D eigenvalue weighted by molar-refractivity contribution is 5.94. The quantitative estimate of drug-likeness (QED) is 0.879. The number of fused-ring (bicyclic) bond motifs is 2.